The Balaban J connectivity index is 1.44. The van der Waals surface area contributed by atoms with Crippen LogP contribution in [-0.2, 0) is 24.9 Å². The van der Waals surface area contributed by atoms with Crippen LogP contribution in [0.3, 0.4) is 0 Å². The number of carboxylic acid groups (broad SMARTS) is 1. The van der Waals surface area contributed by atoms with Gasteiger partial charge >= 0.3 is 5.97 Å². The number of ether oxygens (including phenoxy) is 2. The number of hydrogen-bond acceptors (Lipinski definition) is 4. The lowest BCUT2D eigenvalue weighted by Gasteiger charge is -2.32. The van der Waals surface area contributed by atoms with Crippen molar-refractivity contribution in [2.45, 2.75) is 51.2 Å². The van der Waals surface area contributed by atoms with E-state index in [1.165, 1.54) is 5.56 Å². The van der Waals surface area contributed by atoms with Crippen LogP contribution in [0.1, 0.15) is 55.1 Å². The Morgan fingerprint density at radius 1 is 1.26 bits per heavy atom. The first-order valence-electron chi connectivity index (χ1n) is 10.5. The summed E-state index contributed by atoms with van der Waals surface area (Å²) in [5, 5.41) is 9.34. The molecule has 4 rings (SSSR count). The van der Waals surface area contributed by atoms with Crippen LogP contribution in [0.5, 0.6) is 11.5 Å². The van der Waals surface area contributed by atoms with Gasteiger partial charge in [0.15, 0.2) is 0 Å². The lowest BCUT2D eigenvalue weighted by molar-refractivity contribution is -0.137. The normalized spacial score (nSPS) is 15.6. The molecule has 31 heavy (non-hydrogen) atoms. The summed E-state index contributed by atoms with van der Waals surface area (Å²) in [6.45, 7) is 4.70. The average molecular weight is 421 g/mol. The Hall–Kier alpha value is -3.28. The molecule has 0 saturated carbocycles. The molecule has 1 atom stereocenters. The van der Waals surface area contributed by atoms with Crippen LogP contribution >= 0.6 is 0 Å². The van der Waals surface area contributed by atoms with Gasteiger partial charge in [-0.15, -0.1) is 0 Å². The Bertz CT molecular complexity index is 1070. The first-order valence-corrected chi connectivity index (χ1v) is 10.5. The standard InChI is InChI=1S/C25H28N2O4/c1-25(2)11-10-19-14-17(4-9-22(19)31-25)16-30-20-7-5-18(6-8-20)21(15-23(28)29)24-26-12-13-27(24)3/h4-9,12-14,21H,10-11,15-16H2,1-3H3,(H,28,29)/t21-/m0/s1. The second-order valence-corrected chi connectivity index (χ2v) is 8.71. The molecule has 3 aromatic rings. The van der Waals surface area contributed by atoms with Crippen LogP contribution in [0.25, 0.3) is 0 Å². The van der Waals surface area contributed by atoms with Crippen LogP contribution in [0.4, 0.5) is 0 Å². The molecule has 162 valence electrons. The van der Waals surface area contributed by atoms with Gasteiger partial charge in [0.25, 0.3) is 0 Å². The molecule has 0 radical (unpaired) electrons. The smallest absolute Gasteiger partial charge is 0.304 e. The van der Waals surface area contributed by atoms with Crippen molar-refractivity contribution in [1.29, 1.82) is 0 Å². The van der Waals surface area contributed by atoms with Crippen molar-refractivity contribution < 1.29 is 19.4 Å². The number of aromatic nitrogens is 2. The summed E-state index contributed by atoms with van der Waals surface area (Å²) in [5.41, 5.74) is 3.11. The lowest BCUT2D eigenvalue weighted by Crippen LogP contribution is -2.32. The number of carboxylic acids is 1. The fourth-order valence-electron chi connectivity index (χ4n) is 4.01. The number of nitrogens with zero attached hydrogens (tertiary/aromatic N) is 2. The molecule has 1 aliphatic heterocycles. The summed E-state index contributed by atoms with van der Waals surface area (Å²) in [5.74, 6) is 1.27. The molecule has 6 heteroatoms. The summed E-state index contributed by atoms with van der Waals surface area (Å²) in [4.78, 5) is 15.7. The number of fused-ring (bicyclic) bond motifs is 1. The van der Waals surface area contributed by atoms with Crippen LogP contribution < -0.4 is 9.47 Å². The lowest BCUT2D eigenvalue weighted by atomic mass is 9.93. The summed E-state index contributed by atoms with van der Waals surface area (Å²) in [6, 6.07) is 13.8. The van der Waals surface area contributed by atoms with Gasteiger partial charge in [0.1, 0.15) is 29.5 Å². The maximum Gasteiger partial charge on any atom is 0.304 e. The first kappa shape index (κ1) is 21.0. The molecule has 6 nitrogen and oxygen atoms in total. The monoisotopic (exact) mass is 420 g/mol. The zero-order valence-electron chi connectivity index (χ0n) is 18.2. The van der Waals surface area contributed by atoms with Crippen molar-refractivity contribution in [2.75, 3.05) is 0 Å². The summed E-state index contributed by atoms with van der Waals surface area (Å²) in [7, 11) is 1.87. The van der Waals surface area contributed by atoms with Crippen molar-refractivity contribution in [3.05, 3.63) is 77.4 Å². The summed E-state index contributed by atoms with van der Waals surface area (Å²) < 4.78 is 13.9. The minimum atomic E-state index is -0.854. The van der Waals surface area contributed by atoms with Crippen LogP contribution in [0.2, 0.25) is 0 Å². The first-order chi connectivity index (χ1) is 14.8. The SMILES string of the molecule is Cn1ccnc1[C@@H](CC(=O)O)c1ccc(OCc2ccc3c(c2)CCC(C)(C)O3)cc1. The topological polar surface area (TPSA) is 73.6 Å². The molecule has 0 spiro atoms. The van der Waals surface area contributed by atoms with Gasteiger partial charge in [-0.05, 0) is 67.6 Å². The molecular weight excluding hydrogens is 392 g/mol. The van der Waals surface area contributed by atoms with Crippen molar-refractivity contribution in [1.82, 2.24) is 9.55 Å². The highest BCUT2D eigenvalue weighted by Gasteiger charge is 2.26. The van der Waals surface area contributed by atoms with Crippen molar-refractivity contribution >= 4 is 5.97 Å². The molecule has 0 bridgehead atoms. The molecular formula is C25H28N2O4. The zero-order chi connectivity index (χ0) is 22.0. The number of imidazole rings is 1. The fraction of sp³-hybridized carbons (Fsp3) is 0.360. The number of aryl methyl sites for hydroxylation is 2. The third-order valence-corrected chi connectivity index (χ3v) is 5.74. The van der Waals surface area contributed by atoms with Gasteiger partial charge in [0.05, 0.1) is 12.3 Å². The number of benzene rings is 2. The van der Waals surface area contributed by atoms with Gasteiger partial charge in [-0.2, -0.15) is 0 Å². The van der Waals surface area contributed by atoms with Crippen LogP contribution in [0, 0.1) is 0 Å². The van der Waals surface area contributed by atoms with E-state index < -0.39 is 5.97 Å². The maximum atomic E-state index is 11.4. The summed E-state index contributed by atoms with van der Waals surface area (Å²) in [6.07, 6.45) is 5.50. The highest BCUT2D eigenvalue weighted by Crippen LogP contribution is 2.34. The third-order valence-electron chi connectivity index (χ3n) is 5.74. The Kier molecular flexibility index (Phi) is 5.72. The molecule has 0 aliphatic carbocycles. The molecule has 0 saturated heterocycles. The van der Waals surface area contributed by atoms with Crippen molar-refractivity contribution in [2.24, 2.45) is 7.05 Å². The highest BCUT2D eigenvalue weighted by atomic mass is 16.5. The quantitative estimate of drug-likeness (QED) is 0.599. The van der Waals surface area contributed by atoms with E-state index in [1.807, 2.05) is 54.2 Å². The number of carbonyl (C=O) groups is 1. The molecule has 0 unspecified atom stereocenters. The van der Waals surface area contributed by atoms with Gasteiger partial charge in [0.2, 0.25) is 0 Å². The number of hydrogen-bond donors (Lipinski definition) is 1. The van der Waals surface area contributed by atoms with E-state index in [2.05, 4.69) is 24.9 Å². The average Bonchev–Trinajstić information content (AvgIpc) is 3.16. The molecule has 0 amide bonds. The molecule has 0 fully saturated rings. The predicted molar refractivity (Wildman–Crippen MR) is 118 cm³/mol. The Morgan fingerprint density at radius 2 is 2.03 bits per heavy atom. The van der Waals surface area contributed by atoms with Gasteiger partial charge < -0.3 is 19.1 Å². The van der Waals surface area contributed by atoms with Crippen molar-refractivity contribution in [3.63, 3.8) is 0 Å². The minimum Gasteiger partial charge on any atom is -0.489 e. The van der Waals surface area contributed by atoms with Crippen LogP contribution in [-0.4, -0.2) is 26.2 Å². The number of rotatable bonds is 7. The van der Waals surface area contributed by atoms with E-state index in [0.29, 0.717) is 6.61 Å². The van der Waals surface area contributed by atoms with E-state index in [1.54, 1.807) is 6.20 Å². The highest BCUT2D eigenvalue weighted by molar-refractivity contribution is 5.68. The van der Waals surface area contributed by atoms with Gasteiger partial charge in [0, 0.05) is 19.4 Å². The minimum absolute atomic E-state index is 0.0148. The van der Waals surface area contributed by atoms with E-state index in [9.17, 15) is 9.90 Å². The second kappa shape index (κ2) is 8.46. The fourth-order valence-corrected chi connectivity index (χ4v) is 4.01. The third kappa shape index (κ3) is 4.90. The molecule has 2 heterocycles. The second-order valence-electron chi connectivity index (χ2n) is 8.71. The largest absolute Gasteiger partial charge is 0.489 e. The zero-order valence-corrected chi connectivity index (χ0v) is 18.2. The van der Waals surface area contributed by atoms with Gasteiger partial charge in [-0.3, -0.25) is 4.79 Å². The Labute approximate surface area is 182 Å². The van der Waals surface area contributed by atoms with Gasteiger partial charge in [-0.1, -0.05) is 18.2 Å². The molecule has 1 N–H and O–H groups in total. The van der Waals surface area contributed by atoms with Crippen LogP contribution in [0.15, 0.2) is 54.9 Å². The maximum absolute atomic E-state index is 11.4. The van der Waals surface area contributed by atoms with E-state index in [0.717, 1.165) is 41.3 Å². The molecule has 1 aromatic heterocycles. The molecule has 2 aromatic carbocycles. The summed E-state index contributed by atoms with van der Waals surface area (Å²) >= 11 is 0. The van der Waals surface area contributed by atoms with Crippen molar-refractivity contribution in [3.8, 4) is 11.5 Å². The molecule has 1 aliphatic rings. The van der Waals surface area contributed by atoms with E-state index in [-0.39, 0.29) is 17.9 Å². The van der Waals surface area contributed by atoms with Gasteiger partial charge in [-0.25, -0.2) is 4.98 Å². The predicted octanol–water partition coefficient (Wildman–Crippen LogP) is 4.71. The number of aliphatic carboxylic acids is 1. The van der Waals surface area contributed by atoms with E-state index >= 15 is 0 Å². The Morgan fingerprint density at radius 3 is 2.71 bits per heavy atom. The van der Waals surface area contributed by atoms with E-state index in [4.69, 9.17) is 9.47 Å².